The minimum Gasteiger partial charge on any atom is -0.358 e. The molecule has 2 atom stereocenters. The van der Waals surface area contributed by atoms with E-state index in [2.05, 4.69) is 15.3 Å². The van der Waals surface area contributed by atoms with Crippen molar-refractivity contribution in [2.45, 2.75) is 72.0 Å². The number of benzene rings is 1. The van der Waals surface area contributed by atoms with Crippen LogP contribution in [0.4, 0.5) is 27.9 Å². The van der Waals surface area contributed by atoms with Crippen molar-refractivity contribution in [2.75, 3.05) is 45.3 Å². The van der Waals surface area contributed by atoms with Gasteiger partial charge in [0.05, 0.1) is 24.2 Å². The Hall–Kier alpha value is -3.74. The van der Waals surface area contributed by atoms with Crippen LogP contribution in [-0.2, 0) is 26.0 Å². The SMILES string of the molecule is CCN(CC)c1ncc(N(C(C)C)S(C)(=O)=O)c(N[C@@H](Cc2ccc(N3C(=O)C4CCCN4C3=O)cc2)C(C)=O)n1. The molecular weight excluding hydrogens is 546 g/mol. The Morgan fingerprint density at radius 3 is 2.34 bits per heavy atom. The molecule has 2 aromatic rings. The van der Waals surface area contributed by atoms with E-state index in [0.717, 1.165) is 18.2 Å². The molecule has 2 fully saturated rings. The number of ketones is 1. The summed E-state index contributed by atoms with van der Waals surface area (Å²) in [5.74, 6) is 0.297. The Labute approximate surface area is 241 Å². The van der Waals surface area contributed by atoms with Crippen LogP contribution < -0.4 is 19.4 Å². The summed E-state index contributed by atoms with van der Waals surface area (Å²) in [4.78, 5) is 52.3. The number of aromatic nitrogens is 2. The first-order valence-corrected chi connectivity index (χ1v) is 15.8. The number of hydrogen-bond acceptors (Lipinski definition) is 9. The van der Waals surface area contributed by atoms with E-state index in [9.17, 15) is 22.8 Å². The number of anilines is 4. The number of carbonyl (C=O) groups is 3. The number of sulfonamides is 1. The minimum atomic E-state index is -3.67. The largest absolute Gasteiger partial charge is 0.358 e. The Balaban J connectivity index is 1.62. The summed E-state index contributed by atoms with van der Waals surface area (Å²) in [6.45, 7) is 10.8. The molecule has 0 radical (unpaired) electrons. The topological polar surface area (TPSA) is 136 Å². The van der Waals surface area contributed by atoms with Gasteiger partial charge < -0.3 is 15.1 Å². The molecule has 222 valence electrons. The molecule has 12 nitrogen and oxygen atoms in total. The van der Waals surface area contributed by atoms with E-state index in [1.165, 1.54) is 22.3 Å². The first-order chi connectivity index (χ1) is 19.4. The highest BCUT2D eigenvalue weighted by Gasteiger charge is 2.47. The van der Waals surface area contributed by atoms with Gasteiger partial charge in [-0.25, -0.2) is 23.1 Å². The summed E-state index contributed by atoms with van der Waals surface area (Å²) in [7, 11) is -3.67. The van der Waals surface area contributed by atoms with Gasteiger partial charge in [-0.2, -0.15) is 4.98 Å². The summed E-state index contributed by atoms with van der Waals surface area (Å²) in [6, 6.07) is 5.18. The quantitative estimate of drug-likeness (QED) is 0.373. The third-order valence-corrected chi connectivity index (χ3v) is 8.83. The lowest BCUT2D eigenvalue weighted by Crippen LogP contribution is -2.38. The maximum atomic E-state index is 12.8. The standard InChI is InChI=1S/C28H39N7O5S/c1-7-32(8-2)27-29-17-24(35(18(3)4)41(6,39)40)25(31-27)30-22(19(5)36)16-20-11-13-21(14-12-20)34-26(37)23-10-9-15-33(23)28(34)38/h11-14,17-18,22-23H,7-10,15-16H2,1-6H3,(H,29,30,31)/t22-,23?/m0/s1. The minimum absolute atomic E-state index is 0.163. The normalized spacial score (nSPS) is 17.7. The highest BCUT2D eigenvalue weighted by Crippen LogP contribution is 2.32. The molecule has 4 rings (SSSR count). The number of hydrogen-bond donors (Lipinski definition) is 1. The predicted molar refractivity (Wildman–Crippen MR) is 159 cm³/mol. The number of imide groups is 1. The molecule has 2 saturated heterocycles. The molecule has 0 saturated carbocycles. The number of carbonyl (C=O) groups excluding carboxylic acids is 3. The lowest BCUT2D eigenvalue weighted by Gasteiger charge is -2.30. The molecule has 41 heavy (non-hydrogen) atoms. The molecule has 2 aliphatic rings. The second-order valence-corrected chi connectivity index (χ2v) is 12.6. The first-order valence-electron chi connectivity index (χ1n) is 14.0. The van der Waals surface area contributed by atoms with Crippen LogP contribution in [0.5, 0.6) is 0 Å². The van der Waals surface area contributed by atoms with Gasteiger partial charge in [0.15, 0.2) is 11.6 Å². The lowest BCUT2D eigenvalue weighted by molar-refractivity contribution is -0.119. The van der Waals surface area contributed by atoms with E-state index in [-0.39, 0.29) is 41.7 Å². The molecule has 1 unspecified atom stereocenters. The smallest absolute Gasteiger partial charge is 0.332 e. The van der Waals surface area contributed by atoms with Crippen LogP contribution >= 0.6 is 0 Å². The van der Waals surface area contributed by atoms with Crippen molar-refractivity contribution in [2.24, 2.45) is 0 Å². The monoisotopic (exact) mass is 585 g/mol. The Morgan fingerprint density at radius 2 is 1.80 bits per heavy atom. The van der Waals surface area contributed by atoms with Gasteiger partial charge in [-0.3, -0.25) is 13.9 Å². The van der Waals surface area contributed by atoms with E-state index >= 15 is 0 Å². The number of amides is 3. The van der Waals surface area contributed by atoms with Gasteiger partial charge >= 0.3 is 6.03 Å². The van der Waals surface area contributed by atoms with E-state index in [4.69, 9.17) is 0 Å². The van der Waals surface area contributed by atoms with Crippen LogP contribution in [0.25, 0.3) is 0 Å². The Morgan fingerprint density at radius 1 is 1.15 bits per heavy atom. The zero-order valence-corrected chi connectivity index (χ0v) is 25.3. The zero-order valence-electron chi connectivity index (χ0n) is 24.5. The van der Waals surface area contributed by atoms with Crippen LogP contribution in [0.15, 0.2) is 30.5 Å². The van der Waals surface area contributed by atoms with Crippen LogP contribution in [0, 0.1) is 0 Å². The molecule has 2 aliphatic heterocycles. The third kappa shape index (κ3) is 6.14. The van der Waals surface area contributed by atoms with Crippen molar-refractivity contribution in [1.29, 1.82) is 0 Å². The second kappa shape index (κ2) is 12.0. The lowest BCUT2D eigenvalue weighted by atomic mass is 10.0. The third-order valence-electron chi connectivity index (χ3n) is 7.50. The summed E-state index contributed by atoms with van der Waals surface area (Å²) in [5, 5.41) is 3.20. The number of urea groups is 1. The van der Waals surface area contributed by atoms with Crippen molar-refractivity contribution >= 4 is 50.9 Å². The number of nitrogens with one attached hydrogen (secondary N) is 1. The van der Waals surface area contributed by atoms with Crippen molar-refractivity contribution in [3.63, 3.8) is 0 Å². The fourth-order valence-electron chi connectivity index (χ4n) is 5.47. The van der Waals surface area contributed by atoms with Crippen LogP contribution in [0.3, 0.4) is 0 Å². The molecule has 3 heterocycles. The number of fused-ring (bicyclic) bond motifs is 1. The average molecular weight is 586 g/mol. The fourth-order valence-corrected chi connectivity index (χ4v) is 6.73. The molecule has 3 amide bonds. The van der Waals surface area contributed by atoms with Gasteiger partial charge in [0.25, 0.3) is 5.91 Å². The van der Waals surface area contributed by atoms with Gasteiger partial charge in [0, 0.05) is 25.7 Å². The zero-order chi connectivity index (χ0) is 30.1. The van der Waals surface area contributed by atoms with Crippen molar-refractivity contribution < 1.29 is 22.8 Å². The Kier molecular flexibility index (Phi) is 8.86. The summed E-state index contributed by atoms with van der Waals surface area (Å²) >= 11 is 0. The van der Waals surface area contributed by atoms with Gasteiger partial charge in [0.2, 0.25) is 16.0 Å². The molecule has 0 bridgehead atoms. The van der Waals surface area contributed by atoms with Crippen molar-refractivity contribution in [3.8, 4) is 0 Å². The predicted octanol–water partition coefficient (Wildman–Crippen LogP) is 3.04. The summed E-state index contributed by atoms with van der Waals surface area (Å²) in [5.41, 5.74) is 1.55. The van der Waals surface area contributed by atoms with Crippen molar-refractivity contribution in [1.82, 2.24) is 14.9 Å². The average Bonchev–Trinajstić information content (AvgIpc) is 3.48. The highest BCUT2D eigenvalue weighted by molar-refractivity contribution is 7.92. The number of nitrogens with zero attached hydrogens (tertiary/aromatic N) is 6. The first kappa shape index (κ1) is 30.2. The highest BCUT2D eigenvalue weighted by atomic mass is 32.2. The maximum absolute atomic E-state index is 12.8. The molecule has 13 heteroatoms. The van der Waals surface area contributed by atoms with E-state index in [0.29, 0.717) is 37.7 Å². The summed E-state index contributed by atoms with van der Waals surface area (Å²) < 4.78 is 26.7. The van der Waals surface area contributed by atoms with Crippen LogP contribution in [-0.4, -0.2) is 85.0 Å². The van der Waals surface area contributed by atoms with E-state index in [1.807, 2.05) is 18.7 Å². The second-order valence-electron chi connectivity index (χ2n) is 10.7. The van der Waals surface area contributed by atoms with Crippen LogP contribution in [0.2, 0.25) is 0 Å². The molecule has 0 spiro atoms. The van der Waals surface area contributed by atoms with Gasteiger partial charge in [0.1, 0.15) is 11.7 Å². The van der Waals surface area contributed by atoms with Gasteiger partial charge in [-0.05, 0) is 71.6 Å². The van der Waals surface area contributed by atoms with Crippen LogP contribution in [0.1, 0.15) is 53.0 Å². The Bertz CT molecular complexity index is 1390. The van der Waals surface area contributed by atoms with E-state index < -0.39 is 22.1 Å². The number of Topliss-reactive ketones (excluding diaryl/α,β-unsaturated/α-hetero) is 1. The molecule has 1 aromatic heterocycles. The van der Waals surface area contributed by atoms with Crippen molar-refractivity contribution in [3.05, 3.63) is 36.0 Å². The summed E-state index contributed by atoms with van der Waals surface area (Å²) in [6.07, 6.45) is 4.39. The number of rotatable bonds is 12. The van der Waals surface area contributed by atoms with Gasteiger partial charge in [-0.15, -0.1) is 0 Å². The molecular formula is C28H39N7O5S. The molecule has 1 N–H and O–H groups in total. The van der Waals surface area contributed by atoms with Gasteiger partial charge in [-0.1, -0.05) is 12.1 Å². The van der Waals surface area contributed by atoms with E-state index in [1.54, 1.807) is 43.0 Å². The molecule has 0 aliphatic carbocycles. The molecule has 1 aromatic carbocycles. The fraction of sp³-hybridized carbons (Fsp3) is 0.536. The maximum Gasteiger partial charge on any atom is 0.332 e.